The number of ether oxygens (including phenoxy) is 2. The summed E-state index contributed by atoms with van der Waals surface area (Å²) in [6, 6.07) is 14.2. The number of rotatable bonds is 9. The summed E-state index contributed by atoms with van der Waals surface area (Å²) in [6.45, 7) is 15.8. The van der Waals surface area contributed by atoms with Crippen molar-refractivity contribution in [3.05, 3.63) is 59.6 Å². The molecule has 0 saturated carbocycles. The van der Waals surface area contributed by atoms with Crippen molar-refractivity contribution in [3.63, 3.8) is 0 Å². The summed E-state index contributed by atoms with van der Waals surface area (Å²) >= 11 is 0. The Balaban J connectivity index is 1.24. The fourth-order valence-electron chi connectivity index (χ4n) is 6.58. The van der Waals surface area contributed by atoms with E-state index in [-0.39, 0.29) is 23.2 Å². The minimum Gasteiger partial charge on any atom is -0.508 e. The zero-order valence-corrected chi connectivity index (χ0v) is 26.7. The lowest BCUT2D eigenvalue weighted by atomic mass is 10.0. The van der Waals surface area contributed by atoms with Crippen LogP contribution in [0.25, 0.3) is 16.1 Å². The van der Waals surface area contributed by atoms with E-state index in [0.29, 0.717) is 42.1 Å². The number of para-hydroxylation sites is 1. The van der Waals surface area contributed by atoms with E-state index in [0.717, 1.165) is 57.8 Å². The summed E-state index contributed by atoms with van der Waals surface area (Å²) in [5.41, 5.74) is 8.94. The minimum absolute atomic E-state index is 0.0127. The van der Waals surface area contributed by atoms with Crippen LogP contribution in [0.2, 0.25) is 0 Å². The minimum atomic E-state index is -0.721. The Kier molecular flexibility index (Phi) is 9.82. The third-order valence-corrected chi connectivity index (χ3v) is 9.29. The molecule has 3 aliphatic rings. The number of piperazine rings is 1. The molecule has 6 rings (SSSR count). The number of anilines is 4. The average molecular weight is 626 g/mol. The lowest BCUT2D eigenvalue weighted by molar-refractivity contribution is 0.0904. The highest BCUT2D eigenvalue weighted by Crippen LogP contribution is 2.41. The average Bonchev–Trinajstić information content (AvgIpc) is 3.09. The van der Waals surface area contributed by atoms with Crippen LogP contribution in [0.15, 0.2) is 42.5 Å². The van der Waals surface area contributed by atoms with Crippen LogP contribution in [0.1, 0.15) is 36.2 Å². The van der Waals surface area contributed by atoms with Gasteiger partial charge in [0.15, 0.2) is 17.3 Å². The van der Waals surface area contributed by atoms with Crippen molar-refractivity contribution >= 4 is 34.6 Å². The van der Waals surface area contributed by atoms with Crippen molar-refractivity contribution in [2.45, 2.75) is 37.8 Å². The molecular weight excluding hydrogens is 582 g/mol. The molecule has 0 unspecified atom stereocenters. The van der Waals surface area contributed by atoms with Crippen molar-refractivity contribution in [1.29, 1.82) is 0 Å². The van der Waals surface area contributed by atoms with Gasteiger partial charge in [-0.25, -0.2) is 14.8 Å². The molecular formula is C34H43N9O3. The van der Waals surface area contributed by atoms with Gasteiger partial charge >= 0.3 is 0 Å². The number of piperidine rings is 1. The van der Waals surface area contributed by atoms with Gasteiger partial charge in [-0.1, -0.05) is 12.1 Å². The van der Waals surface area contributed by atoms with Crippen LogP contribution in [0, 0.1) is 6.57 Å². The van der Waals surface area contributed by atoms with E-state index in [1.807, 2.05) is 12.1 Å². The molecule has 0 aliphatic carbocycles. The molecule has 242 valence electrons. The highest BCUT2D eigenvalue weighted by atomic mass is 16.5. The van der Waals surface area contributed by atoms with Crippen molar-refractivity contribution in [2.75, 3.05) is 82.2 Å². The summed E-state index contributed by atoms with van der Waals surface area (Å²) in [5.74, 6) is 0.398. The van der Waals surface area contributed by atoms with Gasteiger partial charge in [0, 0.05) is 81.5 Å². The van der Waals surface area contributed by atoms with Gasteiger partial charge in [-0.15, -0.1) is 0 Å². The molecule has 0 radical (unpaired) electrons. The summed E-state index contributed by atoms with van der Waals surface area (Å²) in [7, 11) is 3.72. The van der Waals surface area contributed by atoms with Gasteiger partial charge in [0.1, 0.15) is 11.4 Å². The molecule has 0 spiro atoms. The molecule has 1 amide bonds. The van der Waals surface area contributed by atoms with Gasteiger partial charge in [-0.2, -0.15) is 0 Å². The number of amides is 1. The number of methoxy groups -OCH3 is 1. The van der Waals surface area contributed by atoms with Gasteiger partial charge < -0.3 is 35.6 Å². The molecule has 46 heavy (non-hydrogen) atoms. The first kappa shape index (κ1) is 31.5. The van der Waals surface area contributed by atoms with Gasteiger partial charge in [0.25, 0.3) is 5.91 Å². The predicted octanol–water partition coefficient (Wildman–Crippen LogP) is 4.35. The Labute approximate surface area is 270 Å². The number of hydrogen-bond donors (Lipinski definition) is 3. The van der Waals surface area contributed by atoms with E-state index in [4.69, 9.17) is 31.7 Å². The fraction of sp³-hybridized carbons (Fsp3) is 0.471. The smallest absolute Gasteiger partial charge is 0.271 e. The Morgan fingerprint density at radius 1 is 0.978 bits per heavy atom. The van der Waals surface area contributed by atoms with Crippen LogP contribution in [0.3, 0.4) is 0 Å². The lowest BCUT2D eigenvalue weighted by Crippen LogP contribution is -2.52. The van der Waals surface area contributed by atoms with Crippen molar-refractivity contribution < 1.29 is 14.3 Å². The van der Waals surface area contributed by atoms with E-state index < -0.39 is 5.91 Å². The fourth-order valence-corrected chi connectivity index (χ4v) is 6.58. The number of likely N-dealkylation sites (N-methyl/N-ethyl adjacent to an activating group) is 1. The second-order valence-electron chi connectivity index (χ2n) is 12.2. The van der Waals surface area contributed by atoms with Crippen LogP contribution in [0.5, 0.6) is 5.75 Å². The molecule has 4 N–H and O–H groups in total. The maximum atomic E-state index is 12.7. The highest BCUT2D eigenvalue weighted by Gasteiger charge is 2.27. The first-order chi connectivity index (χ1) is 22.4. The van der Waals surface area contributed by atoms with Gasteiger partial charge in [0.2, 0.25) is 5.69 Å². The molecule has 1 aromatic heterocycles. The second kappa shape index (κ2) is 14.3. The van der Waals surface area contributed by atoms with Crippen LogP contribution in [-0.4, -0.2) is 104 Å². The standard InChI is InChI=1S/C34H43N9O3/c1-36-29-27(5-4-6-28(29)45-3)30-33(38-24-13-21-46-22-14-24)40-34(31(39-30)32(35)44)37-23-7-9-25(10-8-23)42-15-11-26(12-16-42)43-19-17-41(2)18-20-43/h4-10,24,26H,11-22H2,2-3H3,(H2,35,44)(H2,37,38,40). The molecule has 0 bridgehead atoms. The van der Waals surface area contributed by atoms with Gasteiger partial charge in [-0.3, -0.25) is 9.69 Å². The molecule has 3 aliphatic heterocycles. The first-order valence-electron chi connectivity index (χ1n) is 16.1. The SMILES string of the molecule is [C-]#[N+]c1c(OC)cccc1-c1nc(C(N)=O)c(Nc2ccc(N3CCC(N4CCN(C)CC4)CC3)cc2)nc1NC1CCOCC1. The largest absolute Gasteiger partial charge is 0.508 e. The molecule has 3 saturated heterocycles. The molecule has 3 fully saturated rings. The summed E-state index contributed by atoms with van der Waals surface area (Å²) in [5, 5.41) is 6.80. The number of carbonyl (C=O) groups excluding carboxylic acids is 1. The van der Waals surface area contributed by atoms with Crippen LogP contribution in [0.4, 0.5) is 28.7 Å². The van der Waals surface area contributed by atoms with Crippen LogP contribution < -0.4 is 26.0 Å². The van der Waals surface area contributed by atoms with Gasteiger partial charge in [-0.05, 0) is 63.1 Å². The normalized spacial score (nSPS) is 18.6. The lowest BCUT2D eigenvalue weighted by Gasteiger charge is -2.42. The van der Waals surface area contributed by atoms with Crippen molar-refractivity contribution in [3.8, 4) is 17.0 Å². The molecule has 2 aromatic carbocycles. The predicted molar refractivity (Wildman–Crippen MR) is 180 cm³/mol. The first-order valence-corrected chi connectivity index (χ1v) is 16.1. The third-order valence-electron chi connectivity index (χ3n) is 9.29. The number of nitrogens with zero attached hydrogens (tertiary/aromatic N) is 6. The van der Waals surface area contributed by atoms with Crippen LogP contribution >= 0.6 is 0 Å². The van der Waals surface area contributed by atoms with Crippen molar-refractivity contribution in [2.24, 2.45) is 5.73 Å². The monoisotopic (exact) mass is 625 g/mol. The Bertz CT molecular complexity index is 1550. The van der Waals surface area contributed by atoms with E-state index >= 15 is 0 Å². The number of benzene rings is 2. The Hall–Kier alpha value is -4.44. The zero-order valence-electron chi connectivity index (χ0n) is 26.7. The third kappa shape index (κ3) is 7.02. The van der Waals surface area contributed by atoms with E-state index in [1.54, 1.807) is 18.2 Å². The molecule has 4 heterocycles. The Morgan fingerprint density at radius 2 is 1.70 bits per heavy atom. The summed E-state index contributed by atoms with van der Waals surface area (Å²) < 4.78 is 11.0. The molecule has 3 aromatic rings. The number of hydrogen-bond acceptors (Lipinski definition) is 10. The number of primary amides is 1. The summed E-state index contributed by atoms with van der Waals surface area (Å²) in [6.07, 6.45) is 3.92. The number of carbonyl (C=O) groups is 1. The number of nitrogens with one attached hydrogen (secondary N) is 2. The molecule has 0 atom stereocenters. The molecule has 12 heteroatoms. The summed E-state index contributed by atoms with van der Waals surface area (Å²) in [4.78, 5) is 33.6. The zero-order chi connectivity index (χ0) is 32.0. The van der Waals surface area contributed by atoms with Crippen molar-refractivity contribution in [1.82, 2.24) is 19.8 Å². The topological polar surface area (TPSA) is 125 Å². The maximum Gasteiger partial charge on any atom is 0.271 e. The van der Waals surface area contributed by atoms with E-state index in [9.17, 15) is 4.79 Å². The number of aromatic nitrogens is 2. The van der Waals surface area contributed by atoms with E-state index in [2.05, 4.69) is 49.4 Å². The number of nitrogens with two attached hydrogens (primary N) is 1. The quantitative estimate of drug-likeness (QED) is 0.296. The second-order valence-corrected chi connectivity index (χ2v) is 12.2. The Morgan fingerprint density at radius 3 is 2.35 bits per heavy atom. The van der Waals surface area contributed by atoms with E-state index in [1.165, 1.54) is 25.6 Å². The highest BCUT2D eigenvalue weighted by molar-refractivity contribution is 5.98. The maximum absolute atomic E-state index is 12.7. The molecule has 12 nitrogen and oxygen atoms in total. The van der Waals surface area contributed by atoms with Crippen LogP contribution in [-0.2, 0) is 4.74 Å². The van der Waals surface area contributed by atoms with Gasteiger partial charge in [0.05, 0.1) is 13.7 Å².